The number of halogens is 1. The quantitative estimate of drug-likeness (QED) is 0.734. The zero-order valence-corrected chi connectivity index (χ0v) is 11.7. The molecule has 2 N–H and O–H groups in total. The average Bonchev–Trinajstić information content (AvgIpc) is 2.86. The van der Waals surface area contributed by atoms with Crippen molar-refractivity contribution >= 4 is 5.69 Å². The fourth-order valence-corrected chi connectivity index (χ4v) is 2.25. The Balaban J connectivity index is 2.17. The number of hydrogen-bond donors (Lipinski definition) is 1. The van der Waals surface area contributed by atoms with E-state index in [4.69, 9.17) is 5.73 Å². The maximum absolute atomic E-state index is 14.1. The van der Waals surface area contributed by atoms with Crippen LogP contribution in [0.3, 0.4) is 0 Å². The molecule has 0 saturated heterocycles. The van der Waals surface area contributed by atoms with Crippen LogP contribution in [0.4, 0.5) is 10.1 Å². The van der Waals surface area contributed by atoms with Gasteiger partial charge in [0.25, 0.3) is 0 Å². The van der Waals surface area contributed by atoms with Gasteiger partial charge in [0.1, 0.15) is 11.5 Å². The van der Waals surface area contributed by atoms with E-state index in [1.165, 1.54) is 10.7 Å². The summed E-state index contributed by atoms with van der Waals surface area (Å²) in [6, 6.07) is 10.4. The highest BCUT2D eigenvalue weighted by atomic mass is 19.1. The van der Waals surface area contributed by atoms with Crippen LogP contribution in [0.5, 0.6) is 0 Å². The minimum Gasteiger partial charge on any atom is -0.399 e. The summed E-state index contributed by atoms with van der Waals surface area (Å²) in [5, 5.41) is 11.5. The molecule has 3 aromatic rings. The number of nitrogens with zero attached hydrogens (tertiary/aromatic N) is 4. The van der Waals surface area contributed by atoms with Crippen molar-refractivity contribution in [2.24, 2.45) is 0 Å². The normalized spacial score (nSPS) is 10.8. The number of anilines is 1. The van der Waals surface area contributed by atoms with Crippen LogP contribution in [-0.2, 0) is 0 Å². The lowest BCUT2D eigenvalue weighted by atomic mass is 10.1. The molecule has 106 valence electrons. The zero-order chi connectivity index (χ0) is 15.0. The lowest BCUT2D eigenvalue weighted by Gasteiger charge is -2.08. The molecule has 0 aliphatic carbocycles. The molecule has 0 radical (unpaired) electrons. The molecule has 0 bridgehead atoms. The van der Waals surface area contributed by atoms with Crippen molar-refractivity contribution in [1.29, 1.82) is 0 Å². The van der Waals surface area contributed by atoms with Crippen LogP contribution in [0.1, 0.15) is 11.1 Å². The van der Waals surface area contributed by atoms with Gasteiger partial charge >= 0.3 is 0 Å². The minimum atomic E-state index is -0.371. The first-order valence-corrected chi connectivity index (χ1v) is 6.47. The number of tetrazole rings is 1. The van der Waals surface area contributed by atoms with Crippen molar-refractivity contribution in [3.05, 3.63) is 53.3 Å². The average molecular weight is 283 g/mol. The number of aromatic nitrogens is 4. The molecular formula is C15H14FN5. The van der Waals surface area contributed by atoms with E-state index < -0.39 is 0 Å². The molecule has 0 saturated carbocycles. The fraction of sp³-hybridized carbons (Fsp3) is 0.133. The van der Waals surface area contributed by atoms with Gasteiger partial charge in [-0.05, 0) is 65.7 Å². The van der Waals surface area contributed by atoms with E-state index in [9.17, 15) is 4.39 Å². The number of nitrogens with two attached hydrogens (primary N) is 1. The molecule has 0 aliphatic heterocycles. The summed E-state index contributed by atoms with van der Waals surface area (Å²) < 4.78 is 15.5. The van der Waals surface area contributed by atoms with E-state index in [0.29, 0.717) is 17.2 Å². The Bertz CT molecular complexity index is 789. The van der Waals surface area contributed by atoms with Crippen LogP contribution in [0, 0.1) is 19.7 Å². The molecule has 6 heteroatoms. The molecule has 0 aliphatic rings. The van der Waals surface area contributed by atoms with Gasteiger partial charge in [0.15, 0.2) is 5.82 Å². The SMILES string of the molecule is Cc1cc(N)cc(-c2nnnn2-c2ccc(C)cc2F)c1. The highest BCUT2D eigenvalue weighted by molar-refractivity contribution is 5.64. The van der Waals surface area contributed by atoms with Crippen molar-refractivity contribution in [3.63, 3.8) is 0 Å². The van der Waals surface area contributed by atoms with Crippen LogP contribution in [0.15, 0.2) is 36.4 Å². The lowest BCUT2D eigenvalue weighted by Crippen LogP contribution is -2.03. The van der Waals surface area contributed by atoms with Crippen molar-refractivity contribution in [2.45, 2.75) is 13.8 Å². The van der Waals surface area contributed by atoms with Crippen molar-refractivity contribution in [3.8, 4) is 17.1 Å². The summed E-state index contributed by atoms with van der Waals surface area (Å²) in [6.45, 7) is 3.76. The second kappa shape index (κ2) is 4.97. The van der Waals surface area contributed by atoms with Crippen LogP contribution >= 0.6 is 0 Å². The van der Waals surface area contributed by atoms with Gasteiger partial charge in [-0.2, -0.15) is 4.68 Å². The molecule has 21 heavy (non-hydrogen) atoms. The highest BCUT2D eigenvalue weighted by Gasteiger charge is 2.14. The van der Waals surface area contributed by atoms with Gasteiger partial charge in [-0.25, -0.2) is 4.39 Å². The molecule has 0 spiro atoms. The first-order chi connectivity index (χ1) is 10.0. The fourth-order valence-electron chi connectivity index (χ4n) is 2.25. The van der Waals surface area contributed by atoms with Gasteiger partial charge in [-0.15, -0.1) is 5.10 Å². The van der Waals surface area contributed by atoms with E-state index in [0.717, 1.165) is 16.7 Å². The monoisotopic (exact) mass is 283 g/mol. The molecular weight excluding hydrogens is 269 g/mol. The molecule has 5 nitrogen and oxygen atoms in total. The number of benzene rings is 2. The second-order valence-corrected chi connectivity index (χ2v) is 5.00. The predicted molar refractivity (Wildman–Crippen MR) is 78.4 cm³/mol. The number of nitrogen functional groups attached to an aromatic ring is 1. The number of hydrogen-bond acceptors (Lipinski definition) is 4. The van der Waals surface area contributed by atoms with Gasteiger partial charge in [0, 0.05) is 11.3 Å². The summed E-state index contributed by atoms with van der Waals surface area (Å²) >= 11 is 0. The van der Waals surface area contributed by atoms with E-state index in [1.54, 1.807) is 12.1 Å². The van der Waals surface area contributed by atoms with Crippen molar-refractivity contribution < 1.29 is 4.39 Å². The van der Waals surface area contributed by atoms with Gasteiger partial charge < -0.3 is 5.73 Å². The maximum atomic E-state index is 14.1. The Labute approximate surface area is 121 Å². The minimum absolute atomic E-state index is 0.306. The smallest absolute Gasteiger partial charge is 0.187 e. The second-order valence-electron chi connectivity index (χ2n) is 5.00. The number of rotatable bonds is 2. The van der Waals surface area contributed by atoms with Gasteiger partial charge in [-0.1, -0.05) is 6.07 Å². The van der Waals surface area contributed by atoms with Crippen molar-refractivity contribution in [1.82, 2.24) is 20.2 Å². The van der Waals surface area contributed by atoms with Crippen molar-refractivity contribution in [2.75, 3.05) is 5.73 Å². The summed E-state index contributed by atoms with van der Waals surface area (Å²) in [7, 11) is 0. The van der Waals surface area contributed by atoms with Crippen LogP contribution in [0.25, 0.3) is 17.1 Å². The van der Waals surface area contributed by atoms with E-state index in [1.807, 2.05) is 32.0 Å². The standard InChI is InChI=1S/C15H14FN5/c1-9-3-4-14(13(16)7-9)21-15(18-19-20-21)11-5-10(2)6-12(17)8-11/h3-8H,17H2,1-2H3. The van der Waals surface area contributed by atoms with E-state index in [-0.39, 0.29) is 5.82 Å². The molecule has 0 amide bonds. The topological polar surface area (TPSA) is 69.6 Å². The van der Waals surface area contributed by atoms with Crippen LogP contribution in [0.2, 0.25) is 0 Å². The Morgan fingerprint density at radius 3 is 2.57 bits per heavy atom. The molecule has 1 aromatic heterocycles. The van der Waals surface area contributed by atoms with Crippen LogP contribution < -0.4 is 5.73 Å². The summed E-state index contributed by atoms with van der Waals surface area (Å²) in [6.07, 6.45) is 0. The zero-order valence-electron chi connectivity index (χ0n) is 11.7. The molecule has 0 fully saturated rings. The van der Waals surface area contributed by atoms with E-state index in [2.05, 4.69) is 15.5 Å². The summed E-state index contributed by atoms with van der Waals surface area (Å²) in [5.74, 6) is 0.0809. The maximum Gasteiger partial charge on any atom is 0.187 e. The summed E-state index contributed by atoms with van der Waals surface area (Å²) in [4.78, 5) is 0. The van der Waals surface area contributed by atoms with Gasteiger partial charge in [-0.3, -0.25) is 0 Å². The number of aryl methyl sites for hydroxylation is 2. The van der Waals surface area contributed by atoms with Crippen LogP contribution in [-0.4, -0.2) is 20.2 Å². The third kappa shape index (κ3) is 2.47. The molecule has 0 atom stereocenters. The molecule has 3 rings (SSSR count). The Morgan fingerprint density at radius 2 is 1.86 bits per heavy atom. The first kappa shape index (κ1) is 13.2. The Hall–Kier alpha value is -2.76. The van der Waals surface area contributed by atoms with Gasteiger partial charge in [0.2, 0.25) is 0 Å². The van der Waals surface area contributed by atoms with Gasteiger partial charge in [0.05, 0.1) is 0 Å². The lowest BCUT2D eigenvalue weighted by molar-refractivity contribution is 0.606. The van der Waals surface area contributed by atoms with E-state index >= 15 is 0 Å². The molecule has 0 unspecified atom stereocenters. The Kier molecular flexibility index (Phi) is 3.13. The largest absolute Gasteiger partial charge is 0.399 e. The highest BCUT2D eigenvalue weighted by Crippen LogP contribution is 2.24. The molecule has 1 heterocycles. The predicted octanol–water partition coefficient (Wildman–Crippen LogP) is 2.67. The Morgan fingerprint density at radius 1 is 1.05 bits per heavy atom. The first-order valence-electron chi connectivity index (χ1n) is 6.47. The summed E-state index contributed by atoms with van der Waals surface area (Å²) in [5.41, 5.74) is 9.35. The third-order valence-electron chi connectivity index (χ3n) is 3.16. The molecule has 2 aromatic carbocycles. The third-order valence-corrected chi connectivity index (χ3v) is 3.16.